The van der Waals surface area contributed by atoms with Crippen LogP contribution in [0.5, 0.6) is 0 Å². The topological polar surface area (TPSA) is 107 Å². The normalized spacial score (nSPS) is 10.7. The van der Waals surface area contributed by atoms with Gasteiger partial charge in [0.2, 0.25) is 0 Å². The Hall–Kier alpha value is 0.490. The molecule has 0 aliphatic rings. The number of aliphatic hydroxyl groups excluding tert-OH is 3. The van der Waals surface area contributed by atoms with Crippen LogP contribution in [0.15, 0.2) is 12.7 Å². The fourth-order valence-electron chi connectivity index (χ4n) is 1.50. The molecule has 0 aliphatic heterocycles. The van der Waals surface area contributed by atoms with E-state index in [1.807, 2.05) is 6.92 Å². The third-order valence-corrected chi connectivity index (χ3v) is 3.90. The van der Waals surface area contributed by atoms with E-state index in [0.717, 1.165) is 12.8 Å². The van der Waals surface area contributed by atoms with Gasteiger partial charge >= 0.3 is 29.6 Å². The molecule has 0 aromatic heterocycles. The molecule has 0 aromatic carbocycles. The van der Waals surface area contributed by atoms with Gasteiger partial charge < -0.3 is 15.3 Å². The Morgan fingerprint density at radius 3 is 1.87 bits per heavy atom. The fourth-order valence-corrected chi connectivity index (χ4v) is 2.48. The number of hydrogen-bond donors (Lipinski definition) is 3. The summed E-state index contributed by atoms with van der Waals surface area (Å²) in [5.74, 6) is 0.120. The maximum absolute atomic E-state index is 11.0. The summed E-state index contributed by atoms with van der Waals surface area (Å²) in [6, 6.07) is 0. The van der Waals surface area contributed by atoms with Gasteiger partial charge in [0, 0.05) is 19.6 Å². The third-order valence-electron chi connectivity index (χ3n) is 2.61. The Kier molecular flexibility index (Phi) is 25.3. The quantitative estimate of drug-likeness (QED) is 0.172. The molecule has 0 aromatic rings. The zero-order valence-electron chi connectivity index (χ0n) is 13.5. The van der Waals surface area contributed by atoms with Gasteiger partial charge in [-0.05, 0) is 6.42 Å². The van der Waals surface area contributed by atoms with Crippen molar-refractivity contribution in [2.45, 2.75) is 26.2 Å². The van der Waals surface area contributed by atoms with Crippen molar-refractivity contribution in [1.82, 2.24) is 4.90 Å². The average Bonchev–Trinajstić information content (AvgIpc) is 2.47. The van der Waals surface area contributed by atoms with Gasteiger partial charge in [-0.2, -0.15) is 8.42 Å². The summed E-state index contributed by atoms with van der Waals surface area (Å²) < 4.78 is 26.6. The number of aliphatic hydroxyl groups is 3. The van der Waals surface area contributed by atoms with Crippen molar-refractivity contribution in [3.05, 3.63) is 12.7 Å². The average molecular weight is 365 g/mol. The third kappa shape index (κ3) is 22.5. The van der Waals surface area contributed by atoms with Gasteiger partial charge in [0.1, 0.15) is 0 Å². The first-order chi connectivity index (χ1) is 10.5. The van der Waals surface area contributed by atoms with Gasteiger partial charge in [0.25, 0.3) is 10.1 Å². The van der Waals surface area contributed by atoms with E-state index in [0.29, 0.717) is 26.1 Å². The van der Waals surface area contributed by atoms with Crippen molar-refractivity contribution in [3.8, 4) is 0 Å². The fraction of sp³-hybridized carbons (Fsp3) is 0.857. The molecule has 0 amide bonds. The molecule has 0 atom stereocenters. The number of hydrogen-bond acceptors (Lipinski definition) is 7. The van der Waals surface area contributed by atoms with Crippen molar-refractivity contribution in [2.75, 3.05) is 51.8 Å². The van der Waals surface area contributed by atoms with Crippen LogP contribution in [0.25, 0.3) is 0 Å². The monoisotopic (exact) mass is 365 g/mol. The second-order valence-electron chi connectivity index (χ2n) is 4.55. The minimum absolute atomic E-state index is 0. The van der Waals surface area contributed by atoms with E-state index < -0.39 is 10.1 Å². The summed E-state index contributed by atoms with van der Waals surface area (Å²) >= 11 is 0. The molecule has 136 valence electrons. The summed E-state index contributed by atoms with van der Waals surface area (Å²) in [7, 11) is -3.29. The molecular formula is C14H32NNaO6S. The molecule has 0 fully saturated rings. The molecule has 0 heterocycles. The van der Waals surface area contributed by atoms with E-state index in [2.05, 4.69) is 10.8 Å². The molecule has 0 unspecified atom stereocenters. The van der Waals surface area contributed by atoms with Crippen LogP contribution in [0, 0.1) is 0 Å². The van der Waals surface area contributed by atoms with E-state index in [1.165, 1.54) is 6.08 Å². The van der Waals surface area contributed by atoms with Gasteiger partial charge in [-0.25, -0.2) is 0 Å². The van der Waals surface area contributed by atoms with E-state index >= 15 is 0 Å². The number of unbranched alkanes of at least 4 members (excludes halogenated alkanes) is 2. The Labute approximate surface area is 162 Å². The van der Waals surface area contributed by atoms with Gasteiger partial charge in [-0.3, -0.25) is 9.08 Å². The minimum atomic E-state index is -3.29. The first-order valence-corrected chi connectivity index (χ1v) is 9.08. The summed E-state index contributed by atoms with van der Waals surface area (Å²) in [5.41, 5.74) is 0. The Morgan fingerprint density at radius 1 is 1.04 bits per heavy atom. The van der Waals surface area contributed by atoms with Gasteiger partial charge in [0.15, 0.2) is 0 Å². The van der Waals surface area contributed by atoms with Crippen molar-refractivity contribution < 1.29 is 27.9 Å². The van der Waals surface area contributed by atoms with E-state index in [4.69, 9.17) is 15.3 Å². The van der Waals surface area contributed by atoms with Crippen LogP contribution in [-0.4, -0.2) is 110 Å². The van der Waals surface area contributed by atoms with Gasteiger partial charge in [-0.15, -0.1) is 6.58 Å². The summed E-state index contributed by atoms with van der Waals surface area (Å²) in [4.78, 5) is 1.79. The summed E-state index contributed by atoms with van der Waals surface area (Å²) in [5, 5.41) is 25.5. The van der Waals surface area contributed by atoms with E-state index in [1.54, 1.807) is 4.90 Å². The standard InChI is InChI=1S/C8H16O3S.C6H15NO3.Na.H/c1-3-5-6-8-12(9,10)11-7-4-2;8-4-1-7(2-5-9)3-6-10;;/h4H,2-3,5-8H2,1H3;8-10H,1-6H2;;. The summed E-state index contributed by atoms with van der Waals surface area (Å²) in [6.07, 6.45) is 4.04. The first-order valence-electron chi connectivity index (χ1n) is 7.50. The van der Waals surface area contributed by atoms with Gasteiger partial charge in [-0.1, -0.05) is 25.8 Å². The predicted octanol–water partition coefficient (Wildman–Crippen LogP) is -0.674. The SMILES string of the molecule is C=CCOS(=O)(=O)CCCCC.OCCN(CCO)CCO.[NaH]. The Balaban J connectivity index is -0.000000338. The molecule has 0 rings (SSSR count). The molecule has 0 spiro atoms. The van der Waals surface area contributed by atoms with E-state index in [-0.39, 0.29) is 61.7 Å². The van der Waals surface area contributed by atoms with Crippen LogP contribution in [-0.2, 0) is 14.3 Å². The van der Waals surface area contributed by atoms with Crippen molar-refractivity contribution in [1.29, 1.82) is 0 Å². The Morgan fingerprint density at radius 2 is 1.52 bits per heavy atom. The number of nitrogens with zero attached hydrogens (tertiary/aromatic N) is 1. The number of rotatable bonds is 13. The van der Waals surface area contributed by atoms with Crippen LogP contribution >= 0.6 is 0 Å². The molecule has 0 saturated heterocycles. The molecule has 9 heteroatoms. The second-order valence-corrected chi connectivity index (χ2v) is 6.31. The molecule has 0 saturated carbocycles. The van der Waals surface area contributed by atoms with Crippen LogP contribution in [0.3, 0.4) is 0 Å². The molecule has 7 nitrogen and oxygen atoms in total. The van der Waals surface area contributed by atoms with E-state index in [9.17, 15) is 8.42 Å². The zero-order chi connectivity index (χ0) is 17.3. The second kappa shape index (κ2) is 20.5. The van der Waals surface area contributed by atoms with Crippen molar-refractivity contribution in [2.24, 2.45) is 0 Å². The zero-order valence-corrected chi connectivity index (χ0v) is 14.3. The molecule has 0 bridgehead atoms. The molecule has 23 heavy (non-hydrogen) atoms. The molecule has 0 radical (unpaired) electrons. The van der Waals surface area contributed by atoms with Crippen LogP contribution in [0.1, 0.15) is 26.2 Å². The first kappa shape index (κ1) is 28.3. The predicted molar refractivity (Wildman–Crippen MR) is 94.3 cm³/mol. The van der Waals surface area contributed by atoms with Crippen LogP contribution in [0.4, 0.5) is 0 Å². The summed E-state index contributed by atoms with van der Waals surface area (Å²) in [6.45, 7) is 7.23. The maximum atomic E-state index is 11.0. The van der Waals surface area contributed by atoms with Crippen LogP contribution < -0.4 is 0 Å². The van der Waals surface area contributed by atoms with Crippen molar-refractivity contribution in [3.63, 3.8) is 0 Å². The Bertz CT molecular complexity index is 326. The van der Waals surface area contributed by atoms with Crippen LogP contribution in [0.2, 0.25) is 0 Å². The molecule has 0 aliphatic carbocycles. The van der Waals surface area contributed by atoms with Gasteiger partial charge in [0.05, 0.1) is 32.2 Å². The molecule has 3 N–H and O–H groups in total. The van der Waals surface area contributed by atoms with Crippen molar-refractivity contribution >= 4 is 39.7 Å². The molecular weight excluding hydrogens is 333 g/mol.